The summed E-state index contributed by atoms with van der Waals surface area (Å²) in [6.07, 6.45) is 2.95. The van der Waals surface area contributed by atoms with Crippen molar-refractivity contribution in [1.29, 1.82) is 0 Å². The van der Waals surface area contributed by atoms with Crippen molar-refractivity contribution in [1.82, 2.24) is 0 Å². The molecule has 4 heteroatoms. The van der Waals surface area contributed by atoms with Gasteiger partial charge in [0.25, 0.3) is 0 Å². The fraction of sp³-hybridized carbons (Fsp3) is 0.611. The lowest BCUT2D eigenvalue weighted by atomic mass is 10.1. The summed E-state index contributed by atoms with van der Waals surface area (Å²) < 4.78 is 5.45. The van der Waals surface area contributed by atoms with Crippen molar-refractivity contribution in [2.24, 2.45) is 5.92 Å². The number of anilines is 2. The summed E-state index contributed by atoms with van der Waals surface area (Å²) in [6, 6.07) is 6.27. The summed E-state index contributed by atoms with van der Waals surface area (Å²) in [7, 11) is 0. The number of carbonyl (C=O) groups is 1. The predicted octanol–water partition coefficient (Wildman–Crippen LogP) is 3.60. The molecule has 1 aromatic rings. The Morgan fingerprint density at radius 3 is 2.68 bits per heavy atom. The summed E-state index contributed by atoms with van der Waals surface area (Å²) in [5, 5.41) is 2.98. The molecule has 1 N–H and O–H groups in total. The van der Waals surface area contributed by atoms with Crippen molar-refractivity contribution in [3.8, 4) is 0 Å². The number of aryl methyl sites for hydroxylation is 1. The van der Waals surface area contributed by atoms with Gasteiger partial charge in [0.05, 0.1) is 13.0 Å². The van der Waals surface area contributed by atoms with E-state index in [0.717, 1.165) is 24.3 Å². The van der Waals surface area contributed by atoms with Crippen molar-refractivity contribution < 1.29 is 9.53 Å². The summed E-state index contributed by atoms with van der Waals surface area (Å²) in [5.74, 6) is 0.518. The Morgan fingerprint density at radius 1 is 1.32 bits per heavy atom. The van der Waals surface area contributed by atoms with Crippen LogP contribution in [0, 0.1) is 12.8 Å². The molecule has 4 nitrogen and oxygen atoms in total. The van der Waals surface area contributed by atoms with Crippen LogP contribution in [0.1, 0.15) is 38.7 Å². The fourth-order valence-electron chi connectivity index (χ4n) is 2.66. The zero-order valence-electron chi connectivity index (χ0n) is 14.0. The van der Waals surface area contributed by atoms with Crippen LogP contribution in [-0.2, 0) is 9.53 Å². The van der Waals surface area contributed by atoms with Gasteiger partial charge >= 0.3 is 0 Å². The molecular formula is C18H28N2O2. The van der Waals surface area contributed by atoms with Crippen LogP contribution in [-0.4, -0.2) is 32.2 Å². The van der Waals surface area contributed by atoms with Crippen LogP contribution >= 0.6 is 0 Å². The van der Waals surface area contributed by atoms with E-state index < -0.39 is 0 Å². The Morgan fingerprint density at radius 2 is 2.05 bits per heavy atom. The maximum absolute atomic E-state index is 11.9. The molecule has 22 heavy (non-hydrogen) atoms. The van der Waals surface area contributed by atoms with E-state index in [-0.39, 0.29) is 5.91 Å². The first kappa shape index (κ1) is 16.8. The van der Waals surface area contributed by atoms with Gasteiger partial charge in [0, 0.05) is 31.1 Å². The Bertz CT molecular complexity index is 494. The molecule has 1 amide bonds. The average molecular weight is 304 g/mol. The number of hydrogen-bond acceptors (Lipinski definition) is 3. The highest BCUT2D eigenvalue weighted by molar-refractivity contribution is 5.91. The topological polar surface area (TPSA) is 41.6 Å². The molecule has 122 valence electrons. The maximum atomic E-state index is 11.9. The monoisotopic (exact) mass is 304 g/mol. The Kier molecular flexibility index (Phi) is 6.25. The zero-order chi connectivity index (χ0) is 15.9. The molecule has 1 aliphatic rings. The van der Waals surface area contributed by atoms with Crippen molar-refractivity contribution in [2.75, 3.05) is 36.5 Å². The number of nitrogens with one attached hydrogen (secondary N) is 1. The zero-order valence-corrected chi connectivity index (χ0v) is 14.0. The van der Waals surface area contributed by atoms with E-state index in [4.69, 9.17) is 4.74 Å². The Balaban J connectivity index is 1.83. The van der Waals surface area contributed by atoms with Crippen LogP contribution in [0.5, 0.6) is 0 Å². The minimum Gasteiger partial charge on any atom is -0.381 e. The van der Waals surface area contributed by atoms with Crippen LogP contribution in [0.2, 0.25) is 0 Å². The highest BCUT2D eigenvalue weighted by Crippen LogP contribution is 2.25. The summed E-state index contributed by atoms with van der Waals surface area (Å²) in [5.41, 5.74) is 3.27. The lowest BCUT2D eigenvalue weighted by molar-refractivity contribution is -0.117. The van der Waals surface area contributed by atoms with E-state index in [9.17, 15) is 4.79 Å². The van der Waals surface area contributed by atoms with Crippen LogP contribution < -0.4 is 10.2 Å². The maximum Gasteiger partial charge on any atom is 0.226 e. The number of ether oxygens (including phenoxy) is 1. The van der Waals surface area contributed by atoms with Gasteiger partial charge in [-0.05, 0) is 49.4 Å². The molecule has 0 aliphatic carbocycles. The average Bonchev–Trinajstić information content (AvgIpc) is 3.00. The van der Waals surface area contributed by atoms with Gasteiger partial charge in [-0.3, -0.25) is 4.79 Å². The van der Waals surface area contributed by atoms with Gasteiger partial charge < -0.3 is 15.0 Å². The largest absolute Gasteiger partial charge is 0.381 e. The van der Waals surface area contributed by atoms with Crippen LogP contribution in [0.3, 0.4) is 0 Å². The molecule has 1 aliphatic heterocycles. The fourth-order valence-corrected chi connectivity index (χ4v) is 2.66. The lowest BCUT2D eigenvalue weighted by Gasteiger charge is -2.19. The van der Waals surface area contributed by atoms with Crippen LogP contribution in [0.25, 0.3) is 0 Å². The van der Waals surface area contributed by atoms with Crippen molar-refractivity contribution >= 4 is 17.3 Å². The van der Waals surface area contributed by atoms with Crippen LogP contribution in [0.15, 0.2) is 18.2 Å². The number of nitrogens with zero attached hydrogens (tertiary/aromatic N) is 1. The third kappa shape index (κ3) is 5.02. The molecule has 1 saturated heterocycles. The molecule has 0 radical (unpaired) electrons. The minimum absolute atomic E-state index is 0.0146. The van der Waals surface area contributed by atoms with Crippen molar-refractivity contribution in [3.63, 3.8) is 0 Å². The molecule has 0 atom stereocenters. The first-order valence-corrected chi connectivity index (χ1v) is 8.29. The van der Waals surface area contributed by atoms with Gasteiger partial charge in [-0.1, -0.05) is 13.8 Å². The number of rotatable bonds is 7. The molecule has 0 spiro atoms. The van der Waals surface area contributed by atoms with Crippen molar-refractivity contribution in [2.45, 2.75) is 40.0 Å². The van der Waals surface area contributed by atoms with Gasteiger partial charge in [0.1, 0.15) is 0 Å². The minimum atomic E-state index is 0.0146. The number of benzene rings is 1. The second-order valence-electron chi connectivity index (χ2n) is 6.46. The van der Waals surface area contributed by atoms with Gasteiger partial charge in [-0.2, -0.15) is 0 Å². The smallest absolute Gasteiger partial charge is 0.226 e. The van der Waals surface area contributed by atoms with E-state index >= 15 is 0 Å². The number of amides is 1. The number of hydrogen-bond donors (Lipinski definition) is 1. The van der Waals surface area contributed by atoms with E-state index in [2.05, 4.69) is 36.2 Å². The third-order valence-corrected chi connectivity index (χ3v) is 3.88. The normalized spacial score (nSPS) is 14.6. The molecule has 0 bridgehead atoms. The number of carbonyl (C=O) groups excluding carboxylic acids is 1. The molecule has 1 fully saturated rings. The standard InChI is InChI=1S/C18H28N2O2/c1-14(2)13-22-11-8-18(21)19-17-7-6-16(12-15(17)3)20-9-4-5-10-20/h6-7,12,14H,4-5,8-11,13H2,1-3H3,(H,19,21). The first-order chi connectivity index (χ1) is 10.6. The van der Waals surface area contributed by atoms with Crippen molar-refractivity contribution in [3.05, 3.63) is 23.8 Å². The van der Waals surface area contributed by atoms with Crippen LogP contribution in [0.4, 0.5) is 11.4 Å². The van der Waals surface area contributed by atoms with Gasteiger partial charge in [-0.25, -0.2) is 0 Å². The molecule has 1 aromatic carbocycles. The molecule has 1 heterocycles. The van der Waals surface area contributed by atoms with Gasteiger partial charge in [-0.15, -0.1) is 0 Å². The Hall–Kier alpha value is -1.55. The van der Waals surface area contributed by atoms with E-state index in [1.165, 1.54) is 18.5 Å². The summed E-state index contributed by atoms with van der Waals surface area (Å²) >= 11 is 0. The highest BCUT2D eigenvalue weighted by Gasteiger charge is 2.13. The molecular weight excluding hydrogens is 276 g/mol. The SMILES string of the molecule is Cc1cc(N2CCCC2)ccc1NC(=O)CCOCC(C)C. The van der Waals surface area contributed by atoms with Gasteiger partial charge in [0.15, 0.2) is 0 Å². The quantitative estimate of drug-likeness (QED) is 0.783. The lowest BCUT2D eigenvalue weighted by Crippen LogP contribution is -2.18. The van der Waals surface area contributed by atoms with Gasteiger partial charge in [0.2, 0.25) is 5.91 Å². The summed E-state index contributed by atoms with van der Waals surface area (Å²) in [6.45, 7) is 9.71. The molecule has 2 rings (SSSR count). The predicted molar refractivity (Wildman–Crippen MR) is 91.5 cm³/mol. The first-order valence-electron chi connectivity index (χ1n) is 8.29. The van der Waals surface area contributed by atoms with E-state index in [0.29, 0.717) is 25.6 Å². The third-order valence-electron chi connectivity index (χ3n) is 3.88. The second kappa shape index (κ2) is 8.18. The van der Waals surface area contributed by atoms with E-state index in [1.54, 1.807) is 0 Å². The molecule has 0 aromatic heterocycles. The summed E-state index contributed by atoms with van der Waals surface area (Å²) in [4.78, 5) is 14.4. The molecule has 0 unspecified atom stereocenters. The molecule has 0 saturated carbocycles. The Labute approximate surface area is 133 Å². The second-order valence-corrected chi connectivity index (χ2v) is 6.46. The highest BCUT2D eigenvalue weighted by atomic mass is 16.5. The van der Waals surface area contributed by atoms with E-state index in [1.807, 2.05) is 13.0 Å².